The molecule has 5 heteroatoms. The molecule has 2 aromatic rings. The van der Waals surface area contributed by atoms with E-state index in [1.54, 1.807) is 0 Å². The molecule has 1 saturated heterocycles. The Morgan fingerprint density at radius 1 is 1.67 bits per heavy atom. The van der Waals surface area contributed by atoms with Crippen molar-refractivity contribution in [3.05, 3.63) is 35.5 Å². The largest absolute Gasteiger partial charge is 0.447 e. The molecule has 112 valence electrons. The second kappa shape index (κ2) is 5.77. The van der Waals surface area contributed by atoms with Crippen LogP contribution in [0, 0.1) is 0 Å². The first-order valence-corrected chi connectivity index (χ1v) is 6.07. The number of amides is 1. The molecule has 3 rings (SSSR count). The van der Waals surface area contributed by atoms with E-state index in [-0.39, 0.29) is 26.9 Å². The quantitative estimate of drug-likeness (QED) is 0.887. The van der Waals surface area contributed by atoms with Crippen molar-refractivity contribution in [3.63, 3.8) is 0 Å². The molecule has 5 nitrogen and oxygen atoms in total. The summed E-state index contributed by atoms with van der Waals surface area (Å²) in [6.45, 7) is -9.02. The van der Waals surface area contributed by atoms with E-state index < -0.39 is 44.9 Å². The van der Waals surface area contributed by atoms with E-state index in [0.29, 0.717) is 0 Å². The van der Waals surface area contributed by atoms with Crippen molar-refractivity contribution >= 4 is 17.0 Å². The lowest BCUT2D eigenvalue weighted by atomic mass is 10.0. The van der Waals surface area contributed by atoms with Crippen molar-refractivity contribution in [3.8, 4) is 0 Å². The highest BCUT2D eigenvalue weighted by molar-refractivity contribution is 5.84. The van der Waals surface area contributed by atoms with Gasteiger partial charge in [-0.1, -0.05) is 6.07 Å². The first-order chi connectivity index (χ1) is 14.7. The van der Waals surface area contributed by atoms with E-state index in [1.165, 1.54) is 12.1 Å². The number of nitrogens with zero attached hydrogens (tertiary/aromatic N) is 1. The van der Waals surface area contributed by atoms with Crippen LogP contribution < -0.4 is 5.32 Å². The second-order valence-corrected chi connectivity index (χ2v) is 4.38. The standard InChI is InChI=1S/C16H21N3O2/c1-19(2)6-5-12-9-17-15-4-3-11(8-14(12)15)7-13-10-21-16(20)18-13/h3-4,8-9,13,17H,5-7,10H2,1-2H3,(H,18,20)/t13-/m0/s1/i1D3,5D2,6D2,7D2,10D2,13D. The molecule has 0 unspecified atom stereocenters. The van der Waals surface area contributed by atoms with Gasteiger partial charge in [0.05, 0.1) is 10.1 Å². The Bertz CT molecular complexity index is 1100. The summed E-state index contributed by atoms with van der Waals surface area (Å²) in [7, 11) is 0.915. The van der Waals surface area contributed by atoms with Gasteiger partial charge in [-0.15, -0.1) is 0 Å². The predicted molar refractivity (Wildman–Crippen MR) is 82.5 cm³/mol. The van der Waals surface area contributed by atoms with Gasteiger partial charge < -0.3 is 19.9 Å². The highest BCUT2D eigenvalue weighted by Crippen LogP contribution is 2.21. The zero-order valence-corrected chi connectivity index (χ0v) is 11.1. The molecule has 2 N–H and O–H groups in total. The van der Waals surface area contributed by atoms with Gasteiger partial charge in [0.2, 0.25) is 0 Å². The maximum Gasteiger partial charge on any atom is 0.407 e. The monoisotopic (exact) mass is 299 g/mol. The van der Waals surface area contributed by atoms with Crippen LogP contribution in [0.2, 0.25) is 0 Å². The van der Waals surface area contributed by atoms with Crippen LogP contribution in [0.4, 0.5) is 4.79 Å². The number of H-pyrrole nitrogens is 1. The van der Waals surface area contributed by atoms with Gasteiger partial charge in [0.15, 0.2) is 0 Å². The summed E-state index contributed by atoms with van der Waals surface area (Å²) in [6.07, 6.45) is -5.98. The maximum atomic E-state index is 11.6. The summed E-state index contributed by atoms with van der Waals surface area (Å²) in [5.74, 6) is 0. The molecule has 1 aliphatic heterocycles. The number of cyclic esters (lactones) is 1. The lowest BCUT2D eigenvalue weighted by Crippen LogP contribution is -2.28. The first-order valence-electron chi connectivity index (χ1n) is 12.1. The highest BCUT2D eigenvalue weighted by atomic mass is 16.6. The minimum absolute atomic E-state index is 0.0152. The fraction of sp³-hybridized carbons (Fsp3) is 0.438. The van der Waals surface area contributed by atoms with Crippen molar-refractivity contribution < 1.29 is 26.0 Å². The Morgan fingerprint density at radius 3 is 3.33 bits per heavy atom. The Labute approximate surface area is 141 Å². The van der Waals surface area contributed by atoms with Crippen molar-refractivity contribution in [1.82, 2.24) is 15.2 Å². The average molecular weight is 299 g/mol. The van der Waals surface area contributed by atoms with Gasteiger partial charge in [-0.25, -0.2) is 4.79 Å². The smallest absolute Gasteiger partial charge is 0.407 e. The van der Waals surface area contributed by atoms with Crippen LogP contribution in [-0.4, -0.2) is 49.1 Å². The number of aromatic nitrogens is 1. The Balaban J connectivity index is 2.16. The predicted octanol–water partition coefficient (Wildman–Crippen LogP) is 1.92. The van der Waals surface area contributed by atoms with Gasteiger partial charge in [0.25, 0.3) is 0 Å². The van der Waals surface area contributed by atoms with Gasteiger partial charge in [-0.05, 0) is 50.0 Å². The van der Waals surface area contributed by atoms with E-state index in [0.717, 1.165) is 19.3 Å². The maximum absolute atomic E-state index is 11.6. The van der Waals surface area contributed by atoms with Gasteiger partial charge in [-0.3, -0.25) is 0 Å². The third-order valence-corrected chi connectivity index (χ3v) is 2.78. The second-order valence-electron chi connectivity index (χ2n) is 4.38. The number of alkyl carbamates (subject to hydrolysis) is 1. The number of hydrogen-bond acceptors (Lipinski definition) is 3. The molecular weight excluding hydrogens is 266 g/mol. The summed E-state index contributed by atoms with van der Waals surface area (Å²) < 4.78 is 101. The SMILES string of the molecule is [2H]C([2H])([2H])N(C)C([2H])([2H])C([2H])([2H])c1c[nH]c2ccc(C([2H])([2H])[C@]3([2H])NC(=O)OC3([2H])[2H])cc12. The zero-order chi connectivity index (χ0) is 25.4. The van der Waals surface area contributed by atoms with Crippen molar-refractivity contribution in [2.75, 3.05) is 27.1 Å². The lowest BCUT2D eigenvalue weighted by molar-refractivity contribution is 0.177. The average Bonchev–Trinajstić information content (AvgIpc) is 3.18. The summed E-state index contributed by atoms with van der Waals surface area (Å²) >= 11 is 0. The molecule has 0 radical (unpaired) electrons. The number of carbonyl (C=O) groups is 1. The number of aryl methyl sites for hydroxylation is 1. The molecular formula is C16H21N3O2. The molecule has 1 atom stereocenters. The molecule has 21 heavy (non-hydrogen) atoms. The van der Waals surface area contributed by atoms with Crippen LogP contribution in [0.3, 0.4) is 0 Å². The summed E-state index contributed by atoms with van der Waals surface area (Å²) in [6, 6.07) is 0.734. The Kier molecular flexibility index (Phi) is 1.55. The van der Waals surface area contributed by atoms with Gasteiger partial charge in [0.1, 0.15) is 6.56 Å². The molecule has 0 spiro atoms. The van der Waals surface area contributed by atoms with Crippen molar-refractivity contribution in [2.45, 2.75) is 18.8 Å². The topological polar surface area (TPSA) is 57.4 Å². The number of hydrogen-bond donors (Lipinski definition) is 2. The van der Waals surface area contributed by atoms with Crippen LogP contribution in [0.15, 0.2) is 24.4 Å². The van der Waals surface area contributed by atoms with Gasteiger partial charge in [-0.2, -0.15) is 0 Å². The normalized spacial score (nSPS) is 35.2. The van der Waals surface area contributed by atoms with Crippen LogP contribution in [0.1, 0.15) is 27.6 Å². The summed E-state index contributed by atoms with van der Waals surface area (Å²) in [5, 5.41) is 1.83. The zero-order valence-electron chi connectivity index (χ0n) is 23.1. The lowest BCUT2D eigenvalue weighted by Gasteiger charge is -2.09. The molecule has 1 amide bonds. The third-order valence-electron chi connectivity index (χ3n) is 2.78. The minimum atomic E-state index is -3.04. The first kappa shape index (κ1) is 5.65. The molecule has 2 heterocycles. The molecule has 1 aromatic heterocycles. The molecule has 1 fully saturated rings. The van der Waals surface area contributed by atoms with Crippen LogP contribution in [0.25, 0.3) is 10.9 Å². The summed E-state index contributed by atoms with van der Waals surface area (Å²) in [4.78, 5) is 14.6. The van der Waals surface area contributed by atoms with E-state index in [4.69, 9.17) is 16.4 Å². The number of fused-ring (bicyclic) bond motifs is 1. The van der Waals surface area contributed by atoms with Crippen LogP contribution in [0.5, 0.6) is 0 Å². The van der Waals surface area contributed by atoms with Crippen LogP contribution in [-0.2, 0) is 17.5 Å². The Hall–Kier alpha value is -2.01. The van der Waals surface area contributed by atoms with Gasteiger partial charge >= 0.3 is 6.09 Å². The minimum Gasteiger partial charge on any atom is -0.447 e. The molecule has 0 bridgehead atoms. The third kappa shape index (κ3) is 3.19. The van der Waals surface area contributed by atoms with Crippen molar-refractivity contribution in [1.29, 1.82) is 0 Å². The number of benzene rings is 1. The van der Waals surface area contributed by atoms with E-state index >= 15 is 0 Å². The number of carbonyl (C=O) groups excluding carboxylic acids is 1. The number of nitrogens with one attached hydrogen (secondary N) is 2. The van der Waals surface area contributed by atoms with E-state index in [9.17, 15) is 4.79 Å². The number of likely N-dealkylation sites (N-methyl/N-ethyl adjacent to an activating group) is 1. The van der Waals surface area contributed by atoms with Crippen LogP contribution >= 0.6 is 0 Å². The van der Waals surface area contributed by atoms with E-state index in [1.807, 2.05) is 5.32 Å². The fourth-order valence-corrected chi connectivity index (χ4v) is 1.90. The number of aromatic amines is 1. The summed E-state index contributed by atoms with van der Waals surface area (Å²) in [5.41, 5.74) is -0.374. The fourth-order valence-electron chi connectivity index (χ4n) is 1.90. The highest BCUT2D eigenvalue weighted by Gasteiger charge is 2.22. The number of ether oxygens (including phenoxy) is 1. The van der Waals surface area contributed by atoms with Crippen molar-refractivity contribution in [2.24, 2.45) is 0 Å². The van der Waals surface area contributed by atoms with Gasteiger partial charge in [0, 0.05) is 35.9 Å². The molecule has 0 saturated carbocycles. The molecule has 1 aliphatic rings. The Morgan fingerprint density at radius 2 is 2.57 bits per heavy atom. The van der Waals surface area contributed by atoms with E-state index in [2.05, 4.69) is 9.72 Å². The molecule has 1 aromatic carbocycles. The molecule has 0 aliphatic carbocycles. The number of rotatable bonds is 5.